The van der Waals surface area contributed by atoms with Crippen molar-refractivity contribution in [1.82, 2.24) is 19.9 Å². The first kappa shape index (κ1) is 17.2. The molecule has 0 radical (unpaired) electrons. The van der Waals surface area contributed by atoms with Crippen molar-refractivity contribution in [2.45, 2.75) is 12.7 Å². The van der Waals surface area contributed by atoms with E-state index in [1.165, 1.54) is 0 Å². The zero-order chi connectivity index (χ0) is 18.1. The molecule has 26 heavy (non-hydrogen) atoms. The van der Waals surface area contributed by atoms with Gasteiger partial charge in [0.25, 0.3) is 0 Å². The summed E-state index contributed by atoms with van der Waals surface area (Å²) in [6, 6.07) is 7.72. The molecular formula is C17H16F3N5S. The molecule has 1 fully saturated rings. The predicted octanol–water partition coefficient (Wildman–Crippen LogP) is 3.43. The number of piperazine rings is 1. The predicted molar refractivity (Wildman–Crippen MR) is 94.1 cm³/mol. The standard InChI is InChI=1S/C17H16F3N5S/c18-17(19,20)14-11-26-16(23-14)10-24-5-7-25(8-6-24)15-9-21-12-3-1-2-4-13(12)22-15/h1-4,9,11H,5-8,10H2. The number of para-hydroxylation sites is 2. The number of alkyl halides is 3. The van der Waals surface area contributed by atoms with Gasteiger partial charge in [-0.2, -0.15) is 13.2 Å². The maximum absolute atomic E-state index is 12.6. The summed E-state index contributed by atoms with van der Waals surface area (Å²) in [4.78, 5) is 17.1. The Morgan fingerprint density at radius 1 is 1.00 bits per heavy atom. The smallest absolute Gasteiger partial charge is 0.353 e. The molecule has 0 bridgehead atoms. The monoisotopic (exact) mass is 379 g/mol. The molecular weight excluding hydrogens is 363 g/mol. The number of benzene rings is 1. The summed E-state index contributed by atoms with van der Waals surface area (Å²) in [5.74, 6) is 0.831. The van der Waals surface area contributed by atoms with Gasteiger partial charge < -0.3 is 4.90 Å². The van der Waals surface area contributed by atoms with Crippen LogP contribution in [0.2, 0.25) is 0 Å². The lowest BCUT2D eigenvalue weighted by atomic mass is 10.3. The molecule has 0 aliphatic carbocycles. The van der Waals surface area contributed by atoms with Gasteiger partial charge in [0.05, 0.1) is 23.8 Å². The molecule has 9 heteroatoms. The molecule has 2 aromatic heterocycles. The number of halogens is 3. The summed E-state index contributed by atoms with van der Waals surface area (Å²) in [6.07, 6.45) is -2.60. The lowest BCUT2D eigenvalue weighted by molar-refractivity contribution is -0.140. The van der Waals surface area contributed by atoms with Crippen molar-refractivity contribution in [3.63, 3.8) is 0 Å². The second-order valence-electron chi connectivity index (χ2n) is 6.10. The average Bonchev–Trinajstić information content (AvgIpc) is 3.11. The van der Waals surface area contributed by atoms with Gasteiger partial charge in [0.2, 0.25) is 0 Å². The Kier molecular flexibility index (Phi) is 4.49. The molecule has 4 rings (SSSR count). The van der Waals surface area contributed by atoms with Crippen molar-refractivity contribution >= 4 is 28.2 Å². The molecule has 1 aliphatic heterocycles. The lowest BCUT2D eigenvalue weighted by Crippen LogP contribution is -2.46. The number of hydrogen-bond donors (Lipinski definition) is 0. The average molecular weight is 379 g/mol. The van der Waals surface area contributed by atoms with E-state index in [9.17, 15) is 13.2 Å². The molecule has 1 aromatic carbocycles. The fraction of sp³-hybridized carbons (Fsp3) is 0.353. The Morgan fingerprint density at radius 3 is 2.42 bits per heavy atom. The molecule has 0 N–H and O–H groups in total. The highest BCUT2D eigenvalue weighted by Gasteiger charge is 2.33. The maximum Gasteiger partial charge on any atom is 0.434 e. The SMILES string of the molecule is FC(F)(F)c1csc(CN2CCN(c3cnc4ccccc4n3)CC2)n1. The molecule has 3 aromatic rings. The van der Waals surface area contributed by atoms with Crippen molar-refractivity contribution in [3.8, 4) is 0 Å². The topological polar surface area (TPSA) is 45.2 Å². The normalized spacial score (nSPS) is 16.3. The van der Waals surface area contributed by atoms with Crippen LogP contribution in [0.15, 0.2) is 35.8 Å². The zero-order valence-electron chi connectivity index (χ0n) is 13.8. The van der Waals surface area contributed by atoms with Gasteiger partial charge in [0.15, 0.2) is 5.69 Å². The molecule has 0 saturated carbocycles. The zero-order valence-corrected chi connectivity index (χ0v) is 14.6. The maximum atomic E-state index is 12.6. The Hall–Kier alpha value is -2.26. The van der Waals surface area contributed by atoms with Crippen LogP contribution < -0.4 is 4.90 Å². The summed E-state index contributed by atoms with van der Waals surface area (Å²) in [6.45, 7) is 3.44. The minimum atomic E-state index is -4.37. The lowest BCUT2D eigenvalue weighted by Gasteiger charge is -2.34. The van der Waals surface area contributed by atoms with Crippen LogP contribution in [-0.2, 0) is 12.7 Å². The highest BCUT2D eigenvalue weighted by atomic mass is 32.1. The van der Waals surface area contributed by atoms with Gasteiger partial charge in [0.1, 0.15) is 10.8 Å². The number of fused-ring (bicyclic) bond motifs is 1. The van der Waals surface area contributed by atoms with Gasteiger partial charge in [0, 0.05) is 31.6 Å². The van der Waals surface area contributed by atoms with Crippen molar-refractivity contribution in [2.24, 2.45) is 0 Å². The largest absolute Gasteiger partial charge is 0.434 e. The van der Waals surface area contributed by atoms with E-state index in [1.54, 1.807) is 6.20 Å². The van der Waals surface area contributed by atoms with Crippen LogP contribution in [0, 0.1) is 0 Å². The fourth-order valence-electron chi connectivity index (χ4n) is 2.94. The van der Waals surface area contributed by atoms with Crippen molar-refractivity contribution < 1.29 is 13.2 Å². The molecule has 5 nitrogen and oxygen atoms in total. The number of nitrogens with zero attached hydrogens (tertiary/aromatic N) is 5. The number of aromatic nitrogens is 3. The fourth-order valence-corrected chi connectivity index (χ4v) is 3.78. The highest BCUT2D eigenvalue weighted by molar-refractivity contribution is 7.09. The number of hydrogen-bond acceptors (Lipinski definition) is 6. The van der Waals surface area contributed by atoms with E-state index < -0.39 is 11.9 Å². The molecule has 0 atom stereocenters. The Balaban J connectivity index is 1.38. The third-order valence-corrected chi connectivity index (χ3v) is 5.17. The van der Waals surface area contributed by atoms with Crippen LogP contribution in [0.3, 0.4) is 0 Å². The van der Waals surface area contributed by atoms with E-state index in [0.29, 0.717) is 11.6 Å². The van der Waals surface area contributed by atoms with Crippen molar-refractivity contribution in [3.05, 3.63) is 46.5 Å². The van der Waals surface area contributed by atoms with Crippen LogP contribution in [0.25, 0.3) is 11.0 Å². The summed E-state index contributed by atoms with van der Waals surface area (Å²) in [5.41, 5.74) is 0.914. The minimum Gasteiger partial charge on any atom is -0.353 e. The second kappa shape index (κ2) is 6.81. The molecule has 1 aliphatic rings. The highest BCUT2D eigenvalue weighted by Crippen LogP contribution is 2.30. The third kappa shape index (κ3) is 3.63. The van der Waals surface area contributed by atoms with Gasteiger partial charge in [-0.3, -0.25) is 9.88 Å². The van der Waals surface area contributed by atoms with E-state index >= 15 is 0 Å². The Morgan fingerprint density at radius 2 is 1.73 bits per heavy atom. The number of thiazole rings is 1. The molecule has 0 amide bonds. The van der Waals surface area contributed by atoms with Crippen LogP contribution in [-0.4, -0.2) is 46.0 Å². The molecule has 1 saturated heterocycles. The van der Waals surface area contributed by atoms with Crippen LogP contribution >= 0.6 is 11.3 Å². The Labute approximate surface area is 152 Å². The Bertz CT molecular complexity index is 903. The van der Waals surface area contributed by atoms with Crippen LogP contribution in [0.5, 0.6) is 0 Å². The molecule has 136 valence electrons. The number of anilines is 1. The van der Waals surface area contributed by atoms with Gasteiger partial charge in [-0.1, -0.05) is 12.1 Å². The molecule has 0 unspecified atom stereocenters. The van der Waals surface area contributed by atoms with Crippen LogP contribution in [0.4, 0.5) is 19.0 Å². The van der Waals surface area contributed by atoms with Crippen molar-refractivity contribution in [2.75, 3.05) is 31.1 Å². The van der Waals surface area contributed by atoms with E-state index in [4.69, 9.17) is 0 Å². The summed E-state index contributed by atoms with van der Waals surface area (Å²) in [7, 11) is 0. The summed E-state index contributed by atoms with van der Waals surface area (Å²) < 4.78 is 37.9. The second-order valence-corrected chi connectivity index (χ2v) is 7.05. The quantitative estimate of drug-likeness (QED) is 0.698. The first-order valence-electron chi connectivity index (χ1n) is 8.20. The first-order valence-corrected chi connectivity index (χ1v) is 9.08. The van der Waals surface area contributed by atoms with E-state index in [2.05, 4.69) is 24.8 Å². The van der Waals surface area contributed by atoms with Gasteiger partial charge in [-0.15, -0.1) is 11.3 Å². The van der Waals surface area contributed by atoms with Crippen LogP contribution in [0.1, 0.15) is 10.7 Å². The van der Waals surface area contributed by atoms with Gasteiger partial charge in [-0.05, 0) is 12.1 Å². The van der Waals surface area contributed by atoms with E-state index in [1.807, 2.05) is 24.3 Å². The minimum absolute atomic E-state index is 0.442. The van der Waals surface area contributed by atoms with Crippen molar-refractivity contribution in [1.29, 1.82) is 0 Å². The van der Waals surface area contributed by atoms with Gasteiger partial charge in [-0.25, -0.2) is 9.97 Å². The van der Waals surface area contributed by atoms with Gasteiger partial charge >= 0.3 is 6.18 Å². The molecule has 3 heterocycles. The summed E-state index contributed by atoms with van der Waals surface area (Å²) >= 11 is 1.06. The van der Waals surface area contributed by atoms with E-state index in [0.717, 1.165) is 59.7 Å². The number of rotatable bonds is 3. The third-order valence-electron chi connectivity index (χ3n) is 4.33. The molecule has 0 spiro atoms. The summed E-state index contributed by atoms with van der Waals surface area (Å²) in [5, 5.41) is 1.58. The first-order chi connectivity index (χ1) is 12.5. The van der Waals surface area contributed by atoms with E-state index in [-0.39, 0.29) is 0 Å².